The van der Waals surface area contributed by atoms with Crippen LogP contribution in [0.25, 0.3) is 11.0 Å². The van der Waals surface area contributed by atoms with Crippen LogP contribution in [0.5, 0.6) is 11.5 Å². The summed E-state index contributed by atoms with van der Waals surface area (Å²) >= 11 is 0. The summed E-state index contributed by atoms with van der Waals surface area (Å²) in [5.41, 5.74) is 9.54. The summed E-state index contributed by atoms with van der Waals surface area (Å²) in [7, 11) is 3.24. The summed E-state index contributed by atoms with van der Waals surface area (Å²) < 4.78 is 12.9. The molecule has 2 aromatic carbocycles. The highest BCUT2D eigenvalue weighted by Crippen LogP contribution is 2.33. The molecule has 3 rings (SSSR count). The first-order valence-corrected chi connectivity index (χ1v) is 8.01. The first kappa shape index (κ1) is 16.3. The van der Waals surface area contributed by atoms with E-state index in [1.54, 1.807) is 14.2 Å². The summed E-state index contributed by atoms with van der Waals surface area (Å²) in [5, 5.41) is 0. The van der Waals surface area contributed by atoms with E-state index >= 15 is 0 Å². The molecule has 1 unspecified atom stereocenters. The number of nitrogens with two attached hydrogens (primary N) is 1. The third kappa shape index (κ3) is 2.71. The molecule has 1 aromatic heterocycles. The lowest BCUT2D eigenvalue weighted by Gasteiger charge is -2.19. The van der Waals surface area contributed by atoms with E-state index in [1.165, 1.54) is 0 Å². The third-order valence-corrected chi connectivity index (χ3v) is 4.18. The second kappa shape index (κ2) is 6.53. The average molecular weight is 325 g/mol. The van der Waals surface area contributed by atoms with Gasteiger partial charge in [0.15, 0.2) is 11.5 Å². The second-order valence-electron chi connectivity index (χ2n) is 6.01. The van der Waals surface area contributed by atoms with Crippen LogP contribution in [0.15, 0.2) is 42.5 Å². The number of aromatic nitrogens is 2. The zero-order valence-corrected chi connectivity index (χ0v) is 14.5. The zero-order valence-electron chi connectivity index (χ0n) is 14.5. The van der Waals surface area contributed by atoms with Gasteiger partial charge in [-0.25, -0.2) is 4.98 Å². The Bertz CT molecular complexity index is 855. The molecule has 24 heavy (non-hydrogen) atoms. The van der Waals surface area contributed by atoms with Gasteiger partial charge in [-0.05, 0) is 43.7 Å². The molecule has 0 fully saturated rings. The number of hydrogen-bond donors (Lipinski definition) is 1. The number of para-hydroxylation sites is 2. The van der Waals surface area contributed by atoms with E-state index in [1.807, 2.05) is 36.4 Å². The van der Waals surface area contributed by atoms with Crippen molar-refractivity contribution in [3.8, 4) is 11.5 Å². The Morgan fingerprint density at radius 1 is 1.00 bits per heavy atom. The fourth-order valence-corrected chi connectivity index (χ4v) is 3.02. The van der Waals surface area contributed by atoms with Gasteiger partial charge in [-0.2, -0.15) is 0 Å². The van der Waals surface area contributed by atoms with Gasteiger partial charge < -0.3 is 19.8 Å². The summed E-state index contributed by atoms with van der Waals surface area (Å²) in [5.74, 6) is 2.20. The molecule has 0 aliphatic carbocycles. The van der Waals surface area contributed by atoms with E-state index in [4.69, 9.17) is 20.2 Å². The average Bonchev–Trinajstić information content (AvgIpc) is 3.00. The van der Waals surface area contributed by atoms with Crippen LogP contribution in [0.4, 0.5) is 0 Å². The molecule has 0 aliphatic rings. The monoisotopic (exact) mass is 325 g/mol. The van der Waals surface area contributed by atoms with Crippen LogP contribution >= 0.6 is 0 Å². The van der Waals surface area contributed by atoms with E-state index in [2.05, 4.69) is 24.5 Å². The third-order valence-electron chi connectivity index (χ3n) is 4.18. The van der Waals surface area contributed by atoms with Gasteiger partial charge in [0.2, 0.25) is 0 Å². The molecule has 0 amide bonds. The number of imidazole rings is 1. The van der Waals surface area contributed by atoms with Gasteiger partial charge in [0, 0.05) is 6.04 Å². The van der Waals surface area contributed by atoms with Crippen molar-refractivity contribution >= 4 is 11.0 Å². The van der Waals surface area contributed by atoms with Crippen LogP contribution in [0.1, 0.15) is 37.3 Å². The highest BCUT2D eigenvalue weighted by molar-refractivity contribution is 5.76. The lowest BCUT2D eigenvalue weighted by Crippen LogP contribution is -2.19. The predicted molar refractivity (Wildman–Crippen MR) is 95.7 cm³/mol. The Morgan fingerprint density at radius 3 is 2.38 bits per heavy atom. The quantitative estimate of drug-likeness (QED) is 0.777. The highest BCUT2D eigenvalue weighted by atomic mass is 16.5. The Hall–Kier alpha value is -2.53. The van der Waals surface area contributed by atoms with Gasteiger partial charge in [0.25, 0.3) is 0 Å². The van der Waals surface area contributed by atoms with Gasteiger partial charge in [0.05, 0.1) is 31.3 Å². The summed E-state index contributed by atoms with van der Waals surface area (Å²) in [6.07, 6.45) is 0. The molecule has 5 nitrogen and oxygen atoms in total. The van der Waals surface area contributed by atoms with E-state index in [9.17, 15) is 0 Å². The lowest BCUT2D eigenvalue weighted by molar-refractivity contribution is 0.354. The van der Waals surface area contributed by atoms with Crippen molar-refractivity contribution in [3.63, 3.8) is 0 Å². The van der Waals surface area contributed by atoms with Crippen molar-refractivity contribution in [2.75, 3.05) is 14.2 Å². The Morgan fingerprint density at radius 2 is 1.71 bits per heavy atom. The number of rotatable bonds is 5. The number of nitrogens with zero attached hydrogens (tertiary/aromatic N) is 2. The van der Waals surface area contributed by atoms with Crippen LogP contribution in [-0.4, -0.2) is 23.8 Å². The maximum Gasteiger partial charge on any atom is 0.161 e. The molecule has 2 N–H and O–H groups in total. The Balaban J connectivity index is 2.12. The molecule has 0 spiro atoms. The van der Waals surface area contributed by atoms with Crippen LogP contribution < -0.4 is 15.2 Å². The molecule has 5 heteroatoms. The maximum absolute atomic E-state index is 6.55. The van der Waals surface area contributed by atoms with Crippen molar-refractivity contribution in [2.45, 2.75) is 25.9 Å². The molecule has 0 radical (unpaired) electrons. The number of fused-ring (bicyclic) bond motifs is 1. The van der Waals surface area contributed by atoms with Crippen LogP contribution in [0, 0.1) is 0 Å². The first-order valence-electron chi connectivity index (χ1n) is 8.01. The minimum Gasteiger partial charge on any atom is -0.493 e. The SMILES string of the molecule is COc1ccc(C(N)c2nc3ccccc3n2C(C)C)cc1OC. The smallest absolute Gasteiger partial charge is 0.161 e. The Kier molecular flexibility index (Phi) is 4.44. The lowest BCUT2D eigenvalue weighted by atomic mass is 10.1. The topological polar surface area (TPSA) is 62.3 Å². The molecule has 1 heterocycles. The molecular formula is C19H23N3O2. The van der Waals surface area contributed by atoms with Crippen molar-refractivity contribution in [1.82, 2.24) is 9.55 Å². The van der Waals surface area contributed by atoms with Crippen molar-refractivity contribution in [3.05, 3.63) is 53.9 Å². The predicted octanol–water partition coefficient (Wildman–Crippen LogP) is 3.68. The standard InChI is InChI=1S/C19H23N3O2/c1-12(2)22-15-8-6-5-7-14(15)21-19(22)18(20)13-9-10-16(23-3)17(11-13)24-4/h5-12,18H,20H2,1-4H3. The molecule has 126 valence electrons. The largest absolute Gasteiger partial charge is 0.493 e. The van der Waals surface area contributed by atoms with Gasteiger partial charge in [-0.3, -0.25) is 0 Å². The van der Waals surface area contributed by atoms with E-state index in [0.717, 1.165) is 22.4 Å². The molecule has 0 aliphatic heterocycles. The number of benzene rings is 2. The van der Waals surface area contributed by atoms with Crippen molar-refractivity contribution in [1.29, 1.82) is 0 Å². The van der Waals surface area contributed by atoms with E-state index in [-0.39, 0.29) is 12.1 Å². The molecule has 0 saturated carbocycles. The molecule has 0 bridgehead atoms. The molecule has 1 atom stereocenters. The Labute approximate surface area is 142 Å². The van der Waals surface area contributed by atoms with Crippen LogP contribution in [0.3, 0.4) is 0 Å². The highest BCUT2D eigenvalue weighted by Gasteiger charge is 2.21. The number of ether oxygens (including phenoxy) is 2. The normalized spacial score (nSPS) is 12.6. The van der Waals surface area contributed by atoms with Gasteiger partial charge in [-0.15, -0.1) is 0 Å². The fraction of sp³-hybridized carbons (Fsp3) is 0.316. The zero-order chi connectivity index (χ0) is 17.3. The number of methoxy groups -OCH3 is 2. The number of hydrogen-bond acceptors (Lipinski definition) is 4. The summed E-state index contributed by atoms with van der Waals surface area (Å²) in [6.45, 7) is 4.28. The van der Waals surface area contributed by atoms with Crippen LogP contribution in [0.2, 0.25) is 0 Å². The van der Waals surface area contributed by atoms with Gasteiger partial charge in [-0.1, -0.05) is 18.2 Å². The summed E-state index contributed by atoms with van der Waals surface area (Å²) in [4.78, 5) is 4.77. The van der Waals surface area contributed by atoms with E-state index < -0.39 is 0 Å². The van der Waals surface area contributed by atoms with E-state index in [0.29, 0.717) is 11.5 Å². The maximum atomic E-state index is 6.55. The molecule has 3 aromatic rings. The second-order valence-corrected chi connectivity index (χ2v) is 6.01. The van der Waals surface area contributed by atoms with Gasteiger partial charge >= 0.3 is 0 Å². The minimum atomic E-state index is -0.348. The first-order chi connectivity index (χ1) is 11.6. The van der Waals surface area contributed by atoms with Crippen molar-refractivity contribution in [2.24, 2.45) is 5.73 Å². The van der Waals surface area contributed by atoms with Gasteiger partial charge in [0.1, 0.15) is 5.82 Å². The van der Waals surface area contributed by atoms with Crippen molar-refractivity contribution < 1.29 is 9.47 Å². The molecule has 0 saturated heterocycles. The molecular weight excluding hydrogens is 302 g/mol. The summed E-state index contributed by atoms with van der Waals surface area (Å²) in [6, 6.07) is 13.8. The minimum absolute atomic E-state index is 0.263. The van der Waals surface area contributed by atoms with Crippen LogP contribution in [-0.2, 0) is 0 Å². The fourth-order valence-electron chi connectivity index (χ4n) is 3.02.